The van der Waals surface area contributed by atoms with E-state index in [0.29, 0.717) is 0 Å². The summed E-state index contributed by atoms with van der Waals surface area (Å²) in [5, 5.41) is 6.60. The summed E-state index contributed by atoms with van der Waals surface area (Å²) in [6.45, 7) is 1.76. The third kappa shape index (κ3) is 2.67. The zero-order chi connectivity index (χ0) is 13.9. The maximum Gasteiger partial charge on any atom is 0.336 e. The summed E-state index contributed by atoms with van der Waals surface area (Å²) in [7, 11) is -3.37. The second kappa shape index (κ2) is 5.18. The Morgan fingerprint density at radius 1 is 1.22 bits per heavy atom. The maximum atomic E-state index is 12.0. The second-order valence-corrected chi connectivity index (χ2v) is 5.63. The monoisotopic (exact) mass is 272 g/mol. The Hall–Kier alpha value is -1.89. The molecular formula is C11H12O6S. The van der Waals surface area contributed by atoms with Gasteiger partial charge in [0, 0.05) is 0 Å². The number of aryl methyl sites for hydroxylation is 1. The molecule has 0 fully saturated rings. The number of hydrogen-bond acceptors (Lipinski definition) is 5. The molecule has 1 N–H and O–H groups in total. The summed E-state index contributed by atoms with van der Waals surface area (Å²) in [4.78, 5) is 21.9. The van der Waals surface area contributed by atoms with E-state index in [9.17, 15) is 18.0 Å². The molecule has 0 spiro atoms. The molecule has 1 unspecified atom stereocenters. The highest BCUT2D eigenvalue weighted by atomic mass is 32.2. The highest BCUT2D eigenvalue weighted by molar-refractivity contribution is 7.93. The molecule has 7 heteroatoms. The van der Waals surface area contributed by atoms with Gasteiger partial charge in [-0.1, -0.05) is 17.7 Å². The smallest absolute Gasteiger partial charge is 0.336 e. The second-order valence-electron chi connectivity index (χ2n) is 3.60. The van der Waals surface area contributed by atoms with Crippen LogP contribution in [0, 0.1) is 6.92 Å². The van der Waals surface area contributed by atoms with Gasteiger partial charge in [-0.15, -0.1) is 0 Å². The third-order valence-electron chi connectivity index (χ3n) is 2.30. The van der Waals surface area contributed by atoms with Crippen molar-refractivity contribution in [2.24, 2.45) is 0 Å². The van der Waals surface area contributed by atoms with Crippen LogP contribution in [0.15, 0.2) is 29.2 Å². The van der Waals surface area contributed by atoms with Crippen molar-refractivity contribution in [3.05, 3.63) is 29.8 Å². The van der Waals surface area contributed by atoms with Crippen molar-refractivity contribution in [3.63, 3.8) is 0 Å². The minimum Gasteiger partial charge on any atom is -0.480 e. The Morgan fingerprint density at radius 3 is 2.11 bits per heavy atom. The summed E-state index contributed by atoms with van der Waals surface area (Å²) >= 11 is 0. The first-order valence-corrected chi connectivity index (χ1v) is 6.46. The summed E-state index contributed by atoms with van der Waals surface area (Å²) in [6.07, 6.45) is 0. The first-order chi connectivity index (χ1) is 8.30. The number of benzene rings is 1. The number of hydrogen-bond donors (Lipinski definition) is 1. The van der Waals surface area contributed by atoms with Gasteiger partial charge in [0.1, 0.15) is 0 Å². The molecule has 0 aliphatic heterocycles. The lowest BCUT2D eigenvalue weighted by Crippen LogP contribution is -2.38. The number of aliphatic carboxylic acids is 1. The molecular weight excluding hydrogens is 260 g/mol. The molecule has 0 aromatic heterocycles. The van der Waals surface area contributed by atoms with Crippen molar-refractivity contribution < 1.29 is 27.9 Å². The van der Waals surface area contributed by atoms with E-state index in [4.69, 9.17) is 5.11 Å². The quantitative estimate of drug-likeness (QED) is 0.629. The normalized spacial score (nSPS) is 12.8. The number of esters is 1. The van der Waals surface area contributed by atoms with Gasteiger partial charge in [-0.2, -0.15) is 0 Å². The van der Waals surface area contributed by atoms with Crippen molar-refractivity contribution in [2.75, 3.05) is 7.11 Å². The maximum absolute atomic E-state index is 12.0. The summed E-state index contributed by atoms with van der Waals surface area (Å²) < 4.78 is 28.2. The van der Waals surface area contributed by atoms with Gasteiger partial charge < -0.3 is 9.84 Å². The molecule has 1 aromatic rings. The lowest BCUT2D eigenvalue weighted by Gasteiger charge is -2.11. The first kappa shape index (κ1) is 14.2. The largest absolute Gasteiger partial charge is 0.480 e. The molecule has 98 valence electrons. The van der Waals surface area contributed by atoms with Crippen molar-refractivity contribution in [1.29, 1.82) is 0 Å². The van der Waals surface area contributed by atoms with E-state index in [1.165, 1.54) is 24.3 Å². The van der Waals surface area contributed by atoms with E-state index in [2.05, 4.69) is 4.74 Å². The van der Waals surface area contributed by atoms with E-state index < -0.39 is 27.0 Å². The van der Waals surface area contributed by atoms with Crippen molar-refractivity contribution >= 4 is 21.8 Å². The van der Waals surface area contributed by atoms with E-state index in [1.807, 2.05) is 0 Å². The zero-order valence-corrected chi connectivity index (χ0v) is 10.6. The Morgan fingerprint density at radius 2 is 1.72 bits per heavy atom. The van der Waals surface area contributed by atoms with E-state index >= 15 is 0 Å². The van der Waals surface area contributed by atoms with Gasteiger partial charge in [-0.05, 0) is 19.1 Å². The van der Waals surface area contributed by atoms with E-state index in [1.54, 1.807) is 6.92 Å². The van der Waals surface area contributed by atoms with Crippen LogP contribution in [-0.4, -0.2) is 37.8 Å². The van der Waals surface area contributed by atoms with E-state index in [-0.39, 0.29) is 4.90 Å². The molecule has 18 heavy (non-hydrogen) atoms. The molecule has 0 saturated heterocycles. The van der Waals surface area contributed by atoms with Gasteiger partial charge in [0.05, 0.1) is 12.0 Å². The average molecular weight is 272 g/mol. The van der Waals surface area contributed by atoms with Crippen molar-refractivity contribution in [1.82, 2.24) is 0 Å². The Balaban J connectivity index is 3.30. The number of carboxylic acid groups (broad SMARTS) is 1. The topological polar surface area (TPSA) is 97.7 Å². The molecule has 0 radical (unpaired) electrons. The molecule has 0 amide bonds. The van der Waals surface area contributed by atoms with Crippen LogP contribution < -0.4 is 0 Å². The molecule has 1 atom stereocenters. The Bertz CT molecular complexity index is 558. The number of sulfone groups is 1. The molecule has 0 aliphatic rings. The molecule has 0 aliphatic carbocycles. The molecule has 1 aromatic carbocycles. The average Bonchev–Trinajstić information content (AvgIpc) is 2.28. The summed E-state index contributed by atoms with van der Waals surface area (Å²) in [6, 6.07) is 5.54. The number of methoxy groups -OCH3 is 1. The van der Waals surface area contributed by atoms with Crippen LogP contribution in [0.25, 0.3) is 0 Å². The number of carbonyl (C=O) groups excluding carboxylic acids is 1. The fourth-order valence-corrected chi connectivity index (χ4v) is 2.73. The molecule has 0 saturated carbocycles. The van der Waals surface area contributed by atoms with Gasteiger partial charge >= 0.3 is 11.9 Å². The van der Waals surface area contributed by atoms with Crippen LogP contribution in [0.4, 0.5) is 0 Å². The molecule has 0 bridgehead atoms. The van der Waals surface area contributed by atoms with Gasteiger partial charge in [0.2, 0.25) is 9.84 Å². The number of ether oxygens (including phenoxy) is 1. The van der Waals surface area contributed by atoms with Gasteiger partial charge in [-0.25, -0.2) is 8.42 Å². The highest BCUT2D eigenvalue weighted by Crippen LogP contribution is 2.18. The number of carbonyl (C=O) groups is 2. The van der Waals surface area contributed by atoms with Crippen LogP contribution in [0.5, 0.6) is 0 Å². The van der Waals surface area contributed by atoms with Crippen LogP contribution in [-0.2, 0) is 24.2 Å². The third-order valence-corrected chi connectivity index (χ3v) is 4.24. The van der Waals surface area contributed by atoms with Gasteiger partial charge in [-0.3, -0.25) is 9.59 Å². The minimum atomic E-state index is -4.30. The van der Waals surface area contributed by atoms with Crippen molar-refractivity contribution in [2.45, 2.75) is 17.1 Å². The van der Waals surface area contributed by atoms with Gasteiger partial charge in [0.25, 0.3) is 5.25 Å². The molecule has 6 nitrogen and oxygen atoms in total. The zero-order valence-electron chi connectivity index (χ0n) is 9.78. The lowest BCUT2D eigenvalue weighted by molar-refractivity contribution is -0.148. The van der Waals surface area contributed by atoms with Crippen molar-refractivity contribution in [3.8, 4) is 0 Å². The first-order valence-electron chi connectivity index (χ1n) is 4.92. The Kier molecular flexibility index (Phi) is 4.07. The predicted octanol–water partition coefficient (Wildman–Crippen LogP) is 0.395. The highest BCUT2D eigenvalue weighted by Gasteiger charge is 2.41. The molecule has 0 heterocycles. The van der Waals surface area contributed by atoms with Crippen LogP contribution in [0.3, 0.4) is 0 Å². The number of carboxylic acids is 1. The fourth-order valence-electron chi connectivity index (χ4n) is 1.33. The fraction of sp³-hybridized carbons (Fsp3) is 0.273. The standard InChI is InChI=1S/C11H12O6S/c1-7-3-5-8(6-4-7)18(15,16)9(10(12)13)11(14)17-2/h3-6,9H,1-2H3,(H,12,13). The SMILES string of the molecule is COC(=O)C(C(=O)O)S(=O)(=O)c1ccc(C)cc1. The van der Waals surface area contributed by atoms with Crippen LogP contribution >= 0.6 is 0 Å². The van der Waals surface area contributed by atoms with Crippen LogP contribution in [0.2, 0.25) is 0 Å². The van der Waals surface area contributed by atoms with Gasteiger partial charge in [0.15, 0.2) is 0 Å². The Labute approximate surface area is 104 Å². The minimum absolute atomic E-state index is 0.231. The molecule has 1 rings (SSSR count). The van der Waals surface area contributed by atoms with E-state index in [0.717, 1.165) is 12.7 Å². The predicted molar refractivity (Wildman–Crippen MR) is 61.8 cm³/mol. The summed E-state index contributed by atoms with van der Waals surface area (Å²) in [5.74, 6) is -3.08. The number of rotatable bonds is 4. The lowest BCUT2D eigenvalue weighted by atomic mass is 10.2. The van der Waals surface area contributed by atoms with Crippen LogP contribution in [0.1, 0.15) is 5.56 Å². The summed E-state index contributed by atoms with van der Waals surface area (Å²) in [5.41, 5.74) is 0.818.